The van der Waals surface area contributed by atoms with Crippen molar-refractivity contribution in [1.29, 1.82) is 0 Å². The van der Waals surface area contributed by atoms with Gasteiger partial charge in [0.2, 0.25) is 0 Å². The summed E-state index contributed by atoms with van der Waals surface area (Å²) >= 11 is 19.8. The molecule has 2 N–H and O–H groups in total. The van der Waals surface area contributed by atoms with Crippen LogP contribution < -0.4 is 10.6 Å². The van der Waals surface area contributed by atoms with E-state index in [2.05, 4.69) is 10.6 Å². The van der Waals surface area contributed by atoms with Crippen LogP contribution in [0, 0.1) is 3.57 Å². The molecule has 4 nitrogen and oxygen atoms in total. The second kappa shape index (κ2) is 7.50. The van der Waals surface area contributed by atoms with Crippen LogP contribution in [0.25, 0.3) is 0 Å². The monoisotopic (exact) mass is 468 g/mol. The Bertz CT molecular complexity index is 730. The van der Waals surface area contributed by atoms with Gasteiger partial charge in [0, 0.05) is 5.69 Å². The number of urea groups is 1. The van der Waals surface area contributed by atoms with Crippen LogP contribution in [-0.4, -0.2) is 11.9 Å². The first-order chi connectivity index (χ1) is 10.4. The third kappa shape index (κ3) is 4.25. The van der Waals surface area contributed by atoms with E-state index in [9.17, 15) is 9.59 Å². The van der Waals surface area contributed by atoms with Crippen LogP contribution in [-0.2, 0) is 0 Å². The molecule has 0 radical (unpaired) electrons. The second-order valence-electron chi connectivity index (χ2n) is 4.14. The van der Waals surface area contributed by atoms with E-state index in [0.717, 1.165) is 0 Å². The predicted molar refractivity (Wildman–Crippen MR) is 97.1 cm³/mol. The van der Waals surface area contributed by atoms with Gasteiger partial charge in [-0.3, -0.25) is 10.1 Å². The Balaban J connectivity index is 2.08. The number of hydrogen-bond donors (Lipinski definition) is 2. The van der Waals surface area contributed by atoms with Crippen molar-refractivity contribution in [2.24, 2.45) is 0 Å². The van der Waals surface area contributed by atoms with E-state index in [0.29, 0.717) is 19.3 Å². The van der Waals surface area contributed by atoms with Gasteiger partial charge in [-0.15, -0.1) is 0 Å². The van der Waals surface area contributed by atoms with Crippen LogP contribution in [0.15, 0.2) is 36.4 Å². The molecule has 114 valence electrons. The van der Waals surface area contributed by atoms with Gasteiger partial charge in [-0.25, -0.2) is 4.79 Å². The van der Waals surface area contributed by atoms with Gasteiger partial charge >= 0.3 is 6.03 Å². The maximum Gasteiger partial charge on any atom is 0.326 e. The number of anilines is 1. The van der Waals surface area contributed by atoms with Gasteiger partial charge in [0.05, 0.1) is 24.2 Å². The van der Waals surface area contributed by atoms with Gasteiger partial charge in [0.1, 0.15) is 0 Å². The molecule has 0 fully saturated rings. The number of hydrogen-bond acceptors (Lipinski definition) is 2. The van der Waals surface area contributed by atoms with Crippen molar-refractivity contribution in [2.75, 3.05) is 5.32 Å². The summed E-state index contributed by atoms with van der Waals surface area (Å²) in [5.41, 5.74) is 0.581. The van der Waals surface area contributed by atoms with E-state index in [-0.39, 0.29) is 10.6 Å². The minimum atomic E-state index is -0.710. The van der Waals surface area contributed by atoms with Crippen molar-refractivity contribution in [3.05, 3.63) is 60.6 Å². The second-order valence-corrected chi connectivity index (χ2v) is 6.44. The molecule has 0 heterocycles. The number of imide groups is 1. The lowest BCUT2D eigenvalue weighted by Gasteiger charge is -2.09. The topological polar surface area (TPSA) is 58.2 Å². The molecule has 2 rings (SSSR count). The molecule has 2 aromatic rings. The van der Waals surface area contributed by atoms with Gasteiger partial charge in [-0.05, 0) is 46.9 Å². The molecular formula is C14H8Cl3IN2O2. The lowest BCUT2D eigenvalue weighted by molar-refractivity contribution is 0.0967. The molecule has 3 amide bonds. The quantitative estimate of drug-likeness (QED) is 0.469. The van der Waals surface area contributed by atoms with Crippen LogP contribution in [0.2, 0.25) is 15.1 Å². The van der Waals surface area contributed by atoms with Crippen LogP contribution in [0.3, 0.4) is 0 Å². The zero-order valence-electron chi connectivity index (χ0n) is 10.8. The first kappa shape index (κ1) is 17.3. The summed E-state index contributed by atoms with van der Waals surface area (Å²) in [4.78, 5) is 23.8. The van der Waals surface area contributed by atoms with E-state index in [1.807, 2.05) is 22.6 Å². The zero-order chi connectivity index (χ0) is 16.3. The Hall–Kier alpha value is -1.02. The van der Waals surface area contributed by atoms with E-state index >= 15 is 0 Å². The molecule has 0 unspecified atom stereocenters. The lowest BCUT2D eigenvalue weighted by atomic mass is 10.2. The van der Waals surface area contributed by atoms with E-state index in [1.165, 1.54) is 18.2 Å². The molecule has 0 saturated heterocycles. The molecule has 0 aliphatic carbocycles. The van der Waals surface area contributed by atoms with Crippen molar-refractivity contribution in [3.8, 4) is 0 Å². The molecular weight excluding hydrogens is 461 g/mol. The standard InChI is InChI=1S/C14H8Cl3IN2O2/c15-9-4-2-1-3-8(9)13(21)20-14(22)19-7-5-10(16)12(18)11(17)6-7/h1-6H,(H2,19,20,21,22). The van der Waals surface area contributed by atoms with Crippen molar-refractivity contribution in [2.45, 2.75) is 0 Å². The highest BCUT2D eigenvalue weighted by Gasteiger charge is 2.14. The smallest absolute Gasteiger partial charge is 0.308 e. The Morgan fingerprint density at radius 2 is 1.55 bits per heavy atom. The Kier molecular flexibility index (Phi) is 5.91. The first-order valence-electron chi connectivity index (χ1n) is 5.90. The summed E-state index contributed by atoms with van der Waals surface area (Å²) < 4.78 is 0.680. The molecule has 0 spiro atoms. The molecule has 8 heteroatoms. The first-order valence-corrected chi connectivity index (χ1v) is 8.11. The highest BCUT2D eigenvalue weighted by Crippen LogP contribution is 2.30. The van der Waals surface area contributed by atoms with Crippen LogP contribution in [0.1, 0.15) is 10.4 Å². The molecule has 0 aliphatic rings. The van der Waals surface area contributed by atoms with Gasteiger partial charge < -0.3 is 5.32 Å². The third-order valence-electron chi connectivity index (χ3n) is 2.59. The largest absolute Gasteiger partial charge is 0.326 e. The van der Waals surface area contributed by atoms with E-state index in [1.54, 1.807) is 18.2 Å². The fourth-order valence-electron chi connectivity index (χ4n) is 1.61. The van der Waals surface area contributed by atoms with Crippen LogP contribution in [0.5, 0.6) is 0 Å². The van der Waals surface area contributed by atoms with Crippen molar-refractivity contribution >= 4 is 75.0 Å². The SMILES string of the molecule is O=C(NC(=O)c1ccccc1Cl)Nc1cc(Cl)c(I)c(Cl)c1. The number of carbonyl (C=O) groups excluding carboxylic acids is 2. The number of nitrogens with one attached hydrogen (secondary N) is 2. The van der Waals surface area contributed by atoms with Gasteiger partial charge in [-0.1, -0.05) is 46.9 Å². The molecule has 0 bridgehead atoms. The van der Waals surface area contributed by atoms with Crippen LogP contribution in [0.4, 0.5) is 10.5 Å². The minimum absolute atomic E-state index is 0.206. The van der Waals surface area contributed by atoms with Gasteiger partial charge in [-0.2, -0.15) is 0 Å². The molecule has 22 heavy (non-hydrogen) atoms. The normalized spacial score (nSPS) is 10.2. The van der Waals surface area contributed by atoms with E-state index in [4.69, 9.17) is 34.8 Å². The summed E-state index contributed by atoms with van der Waals surface area (Å²) in [7, 11) is 0. The Labute approximate surface area is 155 Å². The number of halogens is 4. The lowest BCUT2D eigenvalue weighted by Crippen LogP contribution is -2.34. The highest BCUT2D eigenvalue weighted by atomic mass is 127. The summed E-state index contributed by atoms with van der Waals surface area (Å²) in [6, 6.07) is 8.78. The average Bonchev–Trinajstić information content (AvgIpc) is 2.44. The van der Waals surface area contributed by atoms with Gasteiger partial charge in [0.15, 0.2) is 0 Å². The van der Waals surface area contributed by atoms with Crippen molar-refractivity contribution in [1.82, 2.24) is 5.32 Å². The number of benzene rings is 2. The highest BCUT2D eigenvalue weighted by molar-refractivity contribution is 14.1. The number of rotatable bonds is 2. The summed E-state index contributed by atoms with van der Waals surface area (Å²) in [6.07, 6.45) is 0. The molecule has 0 atom stereocenters. The maximum absolute atomic E-state index is 11.9. The zero-order valence-corrected chi connectivity index (χ0v) is 15.2. The maximum atomic E-state index is 11.9. The fraction of sp³-hybridized carbons (Fsp3) is 0. The van der Waals surface area contributed by atoms with Gasteiger partial charge in [0.25, 0.3) is 5.91 Å². The average molecular weight is 469 g/mol. The third-order valence-corrected chi connectivity index (χ3v) is 5.31. The van der Waals surface area contributed by atoms with Crippen LogP contribution >= 0.6 is 57.4 Å². The summed E-state index contributed by atoms with van der Waals surface area (Å²) in [6.45, 7) is 0. The summed E-state index contributed by atoms with van der Waals surface area (Å²) in [5.74, 6) is -0.606. The molecule has 0 saturated carbocycles. The Morgan fingerprint density at radius 3 is 2.14 bits per heavy atom. The molecule has 0 aliphatic heterocycles. The fourth-order valence-corrected chi connectivity index (χ4v) is 2.63. The Morgan fingerprint density at radius 1 is 0.955 bits per heavy atom. The molecule has 0 aromatic heterocycles. The van der Waals surface area contributed by atoms with Crippen molar-refractivity contribution in [3.63, 3.8) is 0 Å². The number of carbonyl (C=O) groups is 2. The predicted octanol–water partition coefficient (Wildman–Crippen LogP) is 5.21. The minimum Gasteiger partial charge on any atom is -0.308 e. The molecule has 2 aromatic carbocycles. The number of amides is 3. The summed E-state index contributed by atoms with van der Waals surface area (Å²) in [5, 5.41) is 5.73. The van der Waals surface area contributed by atoms with Crippen molar-refractivity contribution < 1.29 is 9.59 Å². The van der Waals surface area contributed by atoms with E-state index < -0.39 is 11.9 Å².